The average molecular weight is 394 g/mol. The fourth-order valence-electron chi connectivity index (χ4n) is 2.76. The van der Waals surface area contributed by atoms with Crippen LogP contribution in [0.5, 0.6) is 0 Å². The molecule has 1 amide bonds. The van der Waals surface area contributed by atoms with Crippen molar-refractivity contribution in [1.82, 2.24) is 10.3 Å². The van der Waals surface area contributed by atoms with Crippen LogP contribution in [0, 0.1) is 0 Å². The summed E-state index contributed by atoms with van der Waals surface area (Å²) in [6.07, 6.45) is 2.76. The first-order chi connectivity index (χ1) is 12.6. The van der Waals surface area contributed by atoms with Crippen molar-refractivity contribution >= 4 is 34.9 Å². The van der Waals surface area contributed by atoms with E-state index in [1.165, 1.54) is 0 Å². The SMILES string of the molecule is O=C(CCc1ccc(Cl)cc1Cl)NCc1ccc(N2CCOCC2)nc1. The van der Waals surface area contributed by atoms with Crippen LogP contribution >= 0.6 is 23.2 Å². The molecule has 3 rings (SSSR count). The smallest absolute Gasteiger partial charge is 0.220 e. The molecule has 1 aliphatic heterocycles. The lowest BCUT2D eigenvalue weighted by atomic mass is 10.1. The second-order valence-corrected chi connectivity index (χ2v) is 6.98. The van der Waals surface area contributed by atoms with Gasteiger partial charge in [-0.1, -0.05) is 35.3 Å². The van der Waals surface area contributed by atoms with Gasteiger partial charge in [-0.3, -0.25) is 4.79 Å². The second-order valence-electron chi connectivity index (χ2n) is 6.14. The highest BCUT2D eigenvalue weighted by Crippen LogP contribution is 2.22. The maximum atomic E-state index is 12.1. The van der Waals surface area contributed by atoms with E-state index in [2.05, 4.69) is 15.2 Å². The number of morpholine rings is 1. The standard InChI is InChI=1S/C19H21Cl2N3O2/c20-16-4-2-15(17(21)11-16)3-6-19(25)23-13-14-1-5-18(22-12-14)24-7-9-26-10-8-24/h1-2,4-5,11-12H,3,6-10,13H2,(H,23,25). The van der Waals surface area contributed by atoms with Gasteiger partial charge in [0, 0.05) is 42.3 Å². The molecule has 7 heteroatoms. The van der Waals surface area contributed by atoms with Crippen LogP contribution in [0.2, 0.25) is 10.0 Å². The Morgan fingerprint density at radius 3 is 2.69 bits per heavy atom. The van der Waals surface area contributed by atoms with E-state index in [0.29, 0.717) is 29.4 Å². The van der Waals surface area contributed by atoms with Crippen molar-refractivity contribution in [2.75, 3.05) is 31.2 Å². The molecule has 1 N–H and O–H groups in total. The Hall–Kier alpha value is -1.82. The zero-order valence-electron chi connectivity index (χ0n) is 14.4. The van der Waals surface area contributed by atoms with Crippen molar-refractivity contribution in [1.29, 1.82) is 0 Å². The number of anilines is 1. The van der Waals surface area contributed by atoms with Gasteiger partial charge in [-0.15, -0.1) is 0 Å². The minimum Gasteiger partial charge on any atom is -0.378 e. The van der Waals surface area contributed by atoms with Gasteiger partial charge in [0.05, 0.1) is 13.2 Å². The highest BCUT2D eigenvalue weighted by Gasteiger charge is 2.12. The summed E-state index contributed by atoms with van der Waals surface area (Å²) in [5.41, 5.74) is 1.89. The number of nitrogens with zero attached hydrogens (tertiary/aromatic N) is 2. The number of carbonyl (C=O) groups excluding carboxylic acids is 1. The molecule has 138 valence electrons. The number of pyridine rings is 1. The summed E-state index contributed by atoms with van der Waals surface area (Å²) in [7, 11) is 0. The van der Waals surface area contributed by atoms with Gasteiger partial charge in [-0.05, 0) is 35.7 Å². The van der Waals surface area contributed by atoms with Crippen LogP contribution in [0.4, 0.5) is 5.82 Å². The number of halogens is 2. The van der Waals surface area contributed by atoms with Crippen molar-refractivity contribution in [3.8, 4) is 0 Å². The maximum absolute atomic E-state index is 12.1. The van der Waals surface area contributed by atoms with E-state index in [0.717, 1.165) is 43.2 Å². The number of aromatic nitrogens is 1. The summed E-state index contributed by atoms with van der Waals surface area (Å²) in [5, 5.41) is 4.10. The summed E-state index contributed by atoms with van der Waals surface area (Å²) in [6.45, 7) is 3.64. The first kappa shape index (κ1) is 19.0. The Labute approximate surface area is 163 Å². The molecule has 0 saturated carbocycles. The van der Waals surface area contributed by atoms with Crippen molar-refractivity contribution in [2.45, 2.75) is 19.4 Å². The molecule has 1 aromatic carbocycles. The third-order valence-electron chi connectivity index (χ3n) is 4.27. The molecule has 1 saturated heterocycles. The van der Waals surface area contributed by atoms with Gasteiger partial charge in [0.25, 0.3) is 0 Å². The van der Waals surface area contributed by atoms with Gasteiger partial charge in [0.15, 0.2) is 0 Å². The minimum absolute atomic E-state index is 0.0201. The largest absolute Gasteiger partial charge is 0.378 e. The van der Waals surface area contributed by atoms with Gasteiger partial charge in [0.1, 0.15) is 5.82 Å². The molecule has 1 aromatic heterocycles. The van der Waals surface area contributed by atoms with E-state index in [1.807, 2.05) is 18.2 Å². The molecular weight excluding hydrogens is 373 g/mol. The summed E-state index contributed by atoms with van der Waals surface area (Å²) < 4.78 is 5.35. The first-order valence-electron chi connectivity index (χ1n) is 8.60. The number of rotatable bonds is 6. The van der Waals surface area contributed by atoms with Crippen molar-refractivity contribution in [3.63, 3.8) is 0 Å². The third kappa shape index (κ3) is 5.34. The summed E-state index contributed by atoms with van der Waals surface area (Å²) in [4.78, 5) is 18.7. The molecule has 0 aliphatic carbocycles. The van der Waals surface area contributed by atoms with Gasteiger partial charge in [0.2, 0.25) is 5.91 Å². The molecule has 0 unspecified atom stereocenters. The number of hydrogen-bond acceptors (Lipinski definition) is 4. The predicted octanol–water partition coefficient (Wildman–Crippen LogP) is 3.47. The van der Waals surface area contributed by atoms with Crippen LogP contribution < -0.4 is 10.2 Å². The van der Waals surface area contributed by atoms with Crippen molar-refractivity contribution < 1.29 is 9.53 Å². The Morgan fingerprint density at radius 1 is 1.19 bits per heavy atom. The average Bonchev–Trinajstić information content (AvgIpc) is 2.67. The van der Waals surface area contributed by atoms with E-state index in [4.69, 9.17) is 27.9 Å². The quantitative estimate of drug-likeness (QED) is 0.815. The number of ether oxygens (including phenoxy) is 1. The zero-order valence-corrected chi connectivity index (χ0v) is 15.9. The molecule has 0 radical (unpaired) electrons. The molecule has 0 spiro atoms. The van der Waals surface area contributed by atoms with Crippen LogP contribution in [0.15, 0.2) is 36.5 Å². The Kier molecular flexibility index (Phi) is 6.72. The highest BCUT2D eigenvalue weighted by atomic mass is 35.5. The number of amides is 1. The van der Waals surface area contributed by atoms with Crippen LogP contribution in [0.3, 0.4) is 0 Å². The Morgan fingerprint density at radius 2 is 2.00 bits per heavy atom. The summed E-state index contributed by atoms with van der Waals surface area (Å²) in [5.74, 6) is 0.925. The van der Waals surface area contributed by atoms with E-state index in [9.17, 15) is 4.79 Å². The van der Waals surface area contributed by atoms with Crippen molar-refractivity contribution in [3.05, 3.63) is 57.7 Å². The zero-order chi connectivity index (χ0) is 18.4. The number of nitrogens with one attached hydrogen (secondary N) is 1. The molecule has 1 fully saturated rings. The lowest BCUT2D eigenvalue weighted by Gasteiger charge is -2.27. The molecule has 0 bridgehead atoms. The fourth-order valence-corrected chi connectivity index (χ4v) is 3.27. The van der Waals surface area contributed by atoms with Gasteiger partial charge in [-0.25, -0.2) is 4.98 Å². The molecule has 0 atom stereocenters. The van der Waals surface area contributed by atoms with Crippen molar-refractivity contribution in [2.24, 2.45) is 0 Å². The van der Waals surface area contributed by atoms with E-state index >= 15 is 0 Å². The molecule has 2 heterocycles. The number of benzene rings is 1. The third-order valence-corrected chi connectivity index (χ3v) is 4.86. The monoisotopic (exact) mass is 393 g/mol. The maximum Gasteiger partial charge on any atom is 0.220 e. The molecule has 1 aliphatic rings. The number of carbonyl (C=O) groups is 1. The summed E-state index contributed by atoms with van der Waals surface area (Å²) in [6, 6.07) is 9.31. The van der Waals surface area contributed by atoms with E-state index in [-0.39, 0.29) is 5.91 Å². The lowest BCUT2D eigenvalue weighted by molar-refractivity contribution is -0.121. The second kappa shape index (κ2) is 9.21. The lowest BCUT2D eigenvalue weighted by Crippen LogP contribution is -2.36. The predicted molar refractivity (Wildman–Crippen MR) is 104 cm³/mol. The van der Waals surface area contributed by atoms with Crippen LogP contribution in [0.1, 0.15) is 17.5 Å². The fraction of sp³-hybridized carbons (Fsp3) is 0.368. The molecule has 5 nitrogen and oxygen atoms in total. The van der Waals surface area contributed by atoms with E-state index in [1.54, 1.807) is 18.3 Å². The number of aryl methyl sites for hydroxylation is 1. The van der Waals surface area contributed by atoms with Gasteiger partial charge < -0.3 is 15.0 Å². The molecule has 2 aromatic rings. The number of hydrogen-bond donors (Lipinski definition) is 1. The topological polar surface area (TPSA) is 54.5 Å². The Bertz CT molecular complexity index is 747. The van der Waals surface area contributed by atoms with Crippen LogP contribution in [-0.4, -0.2) is 37.2 Å². The highest BCUT2D eigenvalue weighted by molar-refractivity contribution is 6.35. The minimum atomic E-state index is -0.0201. The molecule has 26 heavy (non-hydrogen) atoms. The molecular formula is C19H21Cl2N3O2. The summed E-state index contributed by atoms with van der Waals surface area (Å²) >= 11 is 12.0. The van der Waals surface area contributed by atoms with Gasteiger partial charge >= 0.3 is 0 Å². The van der Waals surface area contributed by atoms with Crippen LogP contribution in [-0.2, 0) is 22.5 Å². The first-order valence-corrected chi connectivity index (χ1v) is 9.35. The Balaban J connectivity index is 1.45. The normalized spacial score (nSPS) is 14.3. The van der Waals surface area contributed by atoms with Crippen LogP contribution in [0.25, 0.3) is 0 Å². The van der Waals surface area contributed by atoms with E-state index < -0.39 is 0 Å². The van der Waals surface area contributed by atoms with Gasteiger partial charge in [-0.2, -0.15) is 0 Å².